The predicted octanol–water partition coefficient (Wildman–Crippen LogP) is 1.38. The van der Waals surface area contributed by atoms with Crippen LogP contribution in [0.15, 0.2) is 51.9 Å². The average Bonchev–Trinajstić information content (AvgIpc) is 2.43. The van der Waals surface area contributed by atoms with Gasteiger partial charge in [0.1, 0.15) is 21.5 Å². The Hall–Kier alpha value is 0.940. The van der Waals surface area contributed by atoms with Gasteiger partial charge in [-0.2, -0.15) is 13.5 Å². The zero-order chi connectivity index (χ0) is 20.0. The van der Waals surface area contributed by atoms with Crippen LogP contribution in [-0.4, -0.2) is 25.9 Å². The Bertz CT molecular complexity index is 975. The molecule has 0 saturated carbocycles. The van der Waals surface area contributed by atoms with E-state index in [0.717, 1.165) is 24.3 Å². The second kappa shape index (κ2) is 9.39. The van der Waals surface area contributed by atoms with Crippen molar-refractivity contribution in [1.29, 1.82) is 0 Å². The summed E-state index contributed by atoms with van der Waals surface area (Å²) in [6.45, 7) is 0. The van der Waals surface area contributed by atoms with E-state index in [0.29, 0.717) is 5.06 Å². The van der Waals surface area contributed by atoms with Crippen molar-refractivity contribution in [3.05, 3.63) is 42.2 Å². The maximum absolute atomic E-state index is 12.8. The van der Waals surface area contributed by atoms with Crippen LogP contribution in [0.4, 0.5) is 11.4 Å². The molecule has 0 amide bonds. The Morgan fingerprint density at radius 3 is 1.33 bits per heavy atom. The molecule has 1 N–H and O–H groups in total. The maximum atomic E-state index is 12.8. The number of benzene rings is 2. The number of nitrogens with zero attached hydrogens (tertiary/aromatic N) is 1. The van der Waals surface area contributed by atoms with Crippen molar-refractivity contribution < 1.29 is 60.7 Å². The van der Waals surface area contributed by atoms with Gasteiger partial charge in [0.05, 0.1) is 9.79 Å². The van der Waals surface area contributed by atoms with Gasteiger partial charge in [-0.3, -0.25) is 4.55 Å². The van der Waals surface area contributed by atoms with Crippen molar-refractivity contribution in [3.63, 3.8) is 0 Å². The molecule has 0 saturated heterocycles. The molecule has 0 bridgehead atoms. The van der Waals surface area contributed by atoms with Crippen molar-refractivity contribution in [1.82, 2.24) is 0 Å². The Morgan fingerprint density at radius 1 is 0.778 bits per heavy atom. The fourth-order valence-corrected chi connectivity index (χ4v) is 6.56. The Labute approximate surface area is 210 Å². The minimum Gasteiger partial charge on any atom is -0.744 e. The van der Waals surface area contributed by atoms with E-state index >= 15 is 0 Å². The smallest absolute Gasteiger partial charge is 0.744 e. The molecule has 1 radical (unpaired) electrons. The van der Waals surface area contributed by atoms with Gasteiger partial charge in [0.25, 0.3) is 10.1 Å². The van der Waals surface area contributed by atoms with Crippen LogP contribution in [0.1, 0.15) is 0 Å². The fraction of sp³-hybridized carbons (Fsp3) is 0. The molecule has 15 heteroatoms. The zero-order valence-electron chi connectivity index (χ0n) is 13.0. The molecule has 8 nitrogen and oxygen atoms in total. The number of hydrogen-bond donors (Lipinski definition) is 1. The molecule has 0 aliphatic heterocycles. The van der Waals surface area contributed by atoms with Gasteiger partial charge in [-0.1, -0.05) is 5.21 Å². The average molecular weight is 682 g/mol. The van der Waals surface area contributed by atoms with Crippen LogP contribution in [0.3, 0.4) is 0 Å². The molecule has 0 heterocycles. The van der Waals surface area contributed by atoms with Crippen LogP contribution >= 0.6 is 63.7 Å². The zero-order valence-corrected chi connectivity index (χ0v) is 23.0. The van der Waals surface area contributed by atoms with Gasteiger partial charge < -0.3 is 4.55 Å². The van der Waals surface area contributed by atoms with E-state index in [1.807, 2.05) is 0 Å². The van der Waals surface area contributed by atoms with Crippen molar-refractivity contribution in [2.45, 2.75) is 9.79 Å². The summed E-state index contributed by atoms with van der Waals surface area (Å²) in [4.78, 5) is -0.993. The van der Waals surface area contributed by atoms with Crippen molar-refractivity contribution in [3.8, 4) is 0 Å². The summed E-state index contributed by atoms with van der Waals surface area (Å²) >= 11 is 12.2. The summed E-state index contributed by atoms with van der Waals surface area (Å²) in [7, 11) is -9.23. The summed E-state index contributed by atoms with van der Waals surface area (Å²) in [6, 6.07) is 4.00. The predicted molar refractivity (Wildman–Crippen MR) is 104 cm³/mol. The van der Waals surface area contributed by atoms with Gasteiger partial charge in [0.2, 0.25) is 0 Å². The van der Waals surface area contributed by atoms with Crippen LogP contribution in [-0.2, 0) is 25.4 Å². The number of hydrogen-bond acceptors (Lipinski definition) is 6. The molecule has 0 unspecified atom stereocenters. The molecule has 2 rings (SSSR count). The van der Waals surface area contributed by atoms with Gasteiger partial charge in [-0.15, -0.1) is 0 Å². The largest absolute Gasteiger partial charge is 1.00 e. The van der Waals surface area contributed by atoms with Gasteiger partial charge in [0, 0.05) is 17.9 Å². The van der Waals surface area contributed by atoms with Crippen molar-refractivity contribution in [2.24, 2.45) is 0 Å². The quantitative estimate of drug-likeness (QED) is 0.293. The van der Waals surface area contributed by atoms with Gasteiger partial charge in [-0.05, 0) is 88.0 Å². The molecular formula is C12H5Br4NNaO7S2. The molecule has 0 atom stereocenters. The van der Waals surface area contributed by atoms with Crippen LogP contribution in [0.2, 0.25) is 0 Å². The summed E-state index contributed by atoms with van der Waals surface area (Å²) in [5.74, 6) is 0. The number of anilines is 2. The van der Waals surface area contributed by atoms with E-state index in [1.54, 1.807) is 0 Å². The first-order valence-electron chi connectivity index (χ1n) is 6.12. The molecule has 0 aliphatic carbocycles. The van der Waals surface area contributed by atoms with Gasteiger partial charge in [-0.25, -0.2) is 8.42 Å². The monoisotopic (exact) mass is 678 g/mol. The molecule has 0 aliphatic rings. The van der Waals surface area contributed by atoms with Gasteiger partial charge >= 0.3 is 29.6 Å². The van der Waals surface area contributed by atoms with E-state index in [9.17, 15) is 26.6 Å². The van der Waals surface area contributed by atoms with E-state index < -0.39 is 30.0 Å². The first kappa shape index (κ1) is 26.0. The third kappa shape index (κ3) is 5.98. The van der Waals surface area contributed by atoms with E-state index in [4.69, 9.17) is 4.55 Å². The minimum atomic E-state index is -4.74. The molecule has 0 aromatic heterocycles. The fourth-order valence-electron chi connectivity index (χ4n) is 1.88. The first-order chi connectivity index (χ1) is 11.7. The van der Waals surface area contributed by atoms with Crippen LogP contribution in [0.25, 0.3) is 0 Å². The van der Waals surface area contributed by atoms with Gasteiger partial charge in [0.15, 0.2) is 0 Å². The van der Waals surface area contributed by atoms with E-state index in [1.165, 1.54) is 0 Å². The minimum absolute atomic E-state index is 0. The second-order valence-electron chi connectivity index (χ2n) is 4.69. The number of rotatable bonds is 4. The SMILES string of the molecule is [Na+].[O]N(c1c(Br)cc(S(=O)(=O)[O-])cc1Br)c1c(Br)cc(S(=O)(=O)O)cc1Br. The standard InChI is InChI=1S/C12H6Br4NO7S2.Na/c13-7-1-5(25(19,20)21)2-8(14)11(7)17(18)12-9(15)3-6(4-10(12)16)26(22,23)24;/h1-4H,(H,19,20,21)(H,22,23,24);/q;+1/p-1. The Balaban J connectivity index is 0.00000364. The van der Waals surface area contributed by atoms with Crippen molar-refractivity contribution in [2.75, 3.05) is 5.06 Å². The van der Waals surface area contributed by atoms with E-state index in [-0.39, 0.29) is 58.8 Å². The Morgan fingerprint density at radius 2 is 1.07 bits per heavy atom. The topological polar surface area (TPSA) is 135 Å². The summed E-state index contributed by atoms with van der Waals surface area (Å²) in [5.41, 5.74) is -0.130. The summed E-state index contributed by atoms with van der Waals surface area (Å²) in [6.07, 6.45) is 0. The third-order valence-corrected chi connectivity index (χ3v) is 7.04. The number of halogens is 4. The Kier molecular flexibility index (Phi) is 9.03. The molecule has 0 spiro atoms. The van der Waals surface area contributed by atoms with Crippen LogP contribution in [0, 0.1) is 0 Å². The van der Waals surface area contributed by atoms with E-state index in [2.05, 4.69) is 63.7 Å². The normalized spacial score (nSPS) is 11.8. The van der Waals surface area contributed by atoms with Crippen LogP contribution in [0.5, 0.6) is 0 Å². The summed E-state index contributed by atoms with van der Waals surface area (Å²) in [5, 5.41) is 13.2. The molecule has 2 aromatic carbocycles. The molecule has 141 valence electrons. The van der Waals surface area contributed by atoms with Crippen molar-refractivity contribution >= 4 is 95.3 Å². The third-order valence-electron chi connectivity index (χ3n) is 2.97. The maximum Gasteiger partial charge on any atom is 1.00 e. The summed E-state index contributed by atoms with van der Waals surface area (Å²) < 4.78 is 65.1. The molecular weight excluding hydrogens is 677 g/mol. The van der Waals surface area contributed by atoms with Crippen LogP contribution < -0.4 is 34.6 Å². The molecule has 0 fully saturated rings. The molecule has 2 aromatic rings. The first-order valence-corrected chi connectivity index (χ1v) is 12.1. The second-order valence-corrected chi connectivity index (χ2v) is 10.9. The molecule has 27 heavy (non-hydrogen) atoms.